The number of ether oxygens (including phenoxy) is 2. The van der Waals surface area contributed by atoms with Gasteiger partial charge in [0, 0.05) is 30.6 Å². The van der Waals surface area contributed by atoms with Gasteiger partial charge in [-0.25, -0.2) is 9.97 Å². The number of aromatic nitrogens is 4. The molecule has 2 aromatic heterocycles. The van der Waals surface area contributed by atoms with Gasteiger partial charge in [-0.2, -0.15) is 18.2 Å². The number of methoxy groups -OCH3 is 1. The van der Waals surface area contributed by atoms with Crippen LogP contribution in [0.1, 0.15) is 29.8 Å². The first-order chi connectivity index (χ1) is 14.2. The Hall–Kier alpha value is -2.65. The van der Waals surface area contributed by atoms with E-state index in [0.29, 0.717) is 11.4 Å². The molecule has 30 heavy (non-hydrogen) atoms. The largest absolute Gasteiger partial charge is 0.472 e. The lowest BCUT2D eigenvalue weighted by molar-refractivity contribution is -0.140. The zero-order valence-electron chi connectivity index (χ0n) is 16.6. The molecule has 0 aliphatic rings. The van der Waals surface area contributed by atoms with Crippen LogP contribution < -0.4 is 4.74 Å². The Labute approximate surface area is 176 Å². The van der Waals surface area contributed by atoms with Crippen LogP contribution in [0.25, 0.3) is 11.4 Å². The number of imidazole rings is 1. The summed E-state index contributed by atoms with van der Waals surface area (Å²) >= 11 is 5.78. The number of hydrogen-bond acceptors (Lipinski definition) is 5. The number of hydrogen-bond donors (Lipinski definition) is 0. The monoisotopic (exact) mass is 440 g/mol. The molecule has 0 saturated heterocycles. The zero-order valence-corrected chi connectivity index (χ0v) is 17.3. The van der Waals surface area contributed by atoms with Gasteiger partial charge in [-0.1, -0.05) is 24.3 Å². The maximum Gasteiger partial charge on any atom is 0.434 e. The van der Waals surface area contributed by atoms with Crippen LogP contribution in [0.15, 0.2) is 36.7 Å². The molecule has 0 bridgehead atoms. The third-order valence-electron chi connectivity index (χ3n) is 4.39. The van der Waals surface area contributed by atoms with E-state index >= 15 is 0 Å². The van der Waals surface area contributed by atoms with Gasteiger partial charge in [0.05, 0.1) is 12.6 Å². The molecule has 0 saturated carbocycles. The SMILES string of the molecule is COCC(C)n1cc(C(F)(F)F)nc1-c1ccc(COc2nc(Cl)ncc2C)cc1. The minimum absolute atomic E-state index is 0.0865. The van der Waals surface area contributed by atoms with Crippen molar-refractivity contribution in [3.8, 4) is 17.3 Å². The summed E-state index contributed by atoms with van der Waals surface area (Å²) in [6.45, 7) is 4.05. The molecule has 160 valence electrons. The summed E-state index contributed by atoms with van der Waals surface area (Å²) in [6.07, 6.45) is -1.96. The molecule has 0 aliphatic carbocycles. The molecule has 3 aromatic rings. The maximum atomic E-state index is 13.2. The Morgan fingerprint density at radius 3 is 2.50 bits per heavy atom. The lowest BCUT2D eigenvalue weighted by Gasteiger charge is -2.15. The van der Waals surface area contributed by atoms with Crippen molar-refractivity contribution in [1.29, 1.82) is 0 Å². The summed E-state index contributed by atoms with van der Waals surface area (Å²) in [6, 6.07) is 6.62. The summed E-state index contributed by atoms with van der Waals surface area (Å²) in [5.41, 5.74) is 1.17. The van der Waals surface area contributed by atoms with Crippen molar-refractivity contribution in [3.63, 3.8) is 0 Å². The van der Waals surface area contributed by atoms with Gasteiger partial charge >= 0.3 is 6.18 Å². The predicted molar refractivity (Wildman–Crippen MR) is 105 cm³/mol. The minimum Gasteiger partial charge on any atom is -0.472 e. The first-order valence-corrected chi connectivity index (χ1v) is 9.43. The highest BCUT2D eigenvalue weighted by Gasteiger charge is 2.35. The average Bonchev–Trinajstić information content (AvgIpc) is 3.15. The number of benzene rings is 1. The topological polar surface area (TPSA) is 62.1 Å². The Morgan fingerprint density at radius 2 is 1.87 bits per heavy atom. The Bertz CT molecular complexity index is 1010. The molecule has 2 heterocycles. The quantitative estimate of drug-likeness (QED) is 0.478. The van der Waals surface area contributed by atoms with Crippen LogP contribution in [-0.4, -0.2) is 33.2 Å². The van der Waals surface area contributed by atoms with Crippen molar-refractivity contribution < 1.29 is 22.6 Å². The van der Waals surface area contributed by atoms with Crippen LogP contribution >= 0.6 is 11.6 Å². The molecule has 0 fully saturated rings. The molecule has 10 heteroatoms. The lowest BCUT2D eigenvalue weighted by Crippen LogP contribution is -2.11. The van der Waals surface area contributed by atoms with Crippen LogP contribution in [0.4, 0.5) is 13.2 Å². The van der Waals surface area contributed by atoms with E-state index < -0.39 is 11.9 Å². The summed E-state index contributed by atoms with van der Waals surface area (Å²) in [5.74, 6) is 0.593. The molecule has 0 spiro atoms. The normalized spacial score (nSPS) is 12.8. The molecule has 3 rings (SSSR count). The number of rotatable bonds is 7. The second kappa shape index (κ2) is 9.01. The fraction of sp³-hybridized carbons (Fsp3) is 0.350. The molecule has 6 nitrogen and oxygen atoms in total. The van der Waals surface area contributed by atoms with Gasteiger partial charge in [-0.3, -0.25) is 0 Å². The van der Waals surface area contributed by atoms with Crippen LogP contribution in [0.5, 0.6) is 5.88 Å². The van der Waals surface area contributed by atoms with E-state index in [4.69, 9.17) is 21.1 Å². The van der Waals surface area contributed by atoms with Crippen molar-refractivity contribution in [1.82, 2.24) is 19.5 Å². The number of halogens is 4. The summed E-state index contributed by atoms with van der Waals surface area (Å²) in [5, 5.41) is 0.0865. The van der Waals surface area contributed by atoms with E-state index in [2.05, 4.69) is 15.0 Å². The molecule has 1 atom stereocenters. The smallest absolute Gasteiger partial charge is 0.434 e. The van der Waals surface area contributed by atoms with Crippen molar-refractivity contribution in [2.45, 2.75) is 32.7 Å². The Morgan fingerprint density at radius 1 is 1.17 bits per heavy atom. The highest BCUT2D eigenvalue weighted by molar-refractivity contribution is 6.28. The second-order valence-corrected chi connectivity index (χ2v) is 7.11. The highest BCUT2D eigenvalue weighted by atomic mass is 35.5. The minimum atomic E-state index is -4.53. The van der Waals surface area contributed by atoms with E-state index in [9.17, 15) is 13.2 Å². The van der Waals surface area contributed by atoms with Gasteiger partial charge < -0.3 is 14.0 Å². The number of aryl methyl sites for hydroxylation is 1. The van der Waals surface area contributed by atoms with Crippen molar-refractivity contribution in [3.05, 3.63) is 58.8 Å². The molecule has 0 amide bonds. The van der Waals surface area contributed by atoms with Gasteiger partial charge in [-0.05, 0) is 31.0 Å². The second-order valence-electron chi connectivity index (χ2n) is 6.77. The molecular formula is C20H20ClF3N4O2. The van der Waals surface area contributed by atoms with Gasteiger partial charge in [0.15, 0.2) is 5.69 Å². The zero-order chi connectivity index (χ0) is 21.9. The van der Waals surface area contributed by atoms with Crippen LogP contribution in [0, 0.1) is 6.92 Å². The molecular weight excluding hydrogens is 421 g/mol. The third-order valence-corrected chi connectivity index (χ3v) is 4.57. The van der Waals surface area contributed by atoms with Gasteiger partial charge in [0.2, 0.25) is 11.2 Å². The third kappa shape index (κ3) is 5.09. The predicted octanol–water partition coefficient (Wildman–Crippen LogP) is 5.11. The first kappa shape index (κ1) is 22.0. The summed E-state index contributed by atoms with van der Waals surface area (Å²) in [7, 11) is 1.50. The van der Waals surface area contributed by atoms with Crippen LogP contribution in [-0.2, 0) is 17.5 Å². The van der Waals surface area contributed by atoms with E-state index in [1.165, 1.54) is 11.7 Å². The summed E-state index contributed by atoms with van der Waals surface area (Å²) in [4.78, 5) is 11.7. The van der Waals surface area contributed by atoms with Gasteiger partial charge in [-0.15, -0.1) is 0 Å². The number of nitrogens with zero attached hydrogens (tertiary/aromatic N) is 4. The molecule has 0 radical (unpaired) electrons. The van der Waals surface area contributed by atoms with Crippen molar-refractivity contribution in [2.75, 3.05) is 13.7 Å². The van der Waals surface area contributed by atoms with Crippen LogP contribution in [0.3, 0.4) is 0 Å². The summed E-state index contributed by atoms with van der Waals surface area (Å²) < 4.78 is 51.8. The van der Waals surface area contributed by atoms with E-state index in [0.717, 1.165) is 17.3 Å². The van der Waals surface area contributed by atoms with Gasteiger partial charge in [0.25, 0.3) is 0 Å². The average molecular weight is 441 g/mol. The van der Waals surface area contributed by atoms with E-state index in [1.54, 1.807) is 44.3 Å². The fourth-order valence-corrected chi connectivity index (χ4v) is 2.98. The molecule has 0 N–H and O–H groups in total. The molecule has 1 aromatic carbocycles. The lowest BCUT2D eigenvalue weighted by atomic mass is 10.1. The molecule has 1 unspecified atom stereocenters. The highest BCUT2D eigenvalue weighted by Crippen LogP contribution is 2.32. The van der Waals surface area contributed by atoms with E-state index in [1.807, 2.05) is 0 Å². The number of alkyl halides is 3. The molecule has 0 aliphatic heterocycles. The standard InChI is InChI=1S/C20H20ClF3N4O2/c1-12-8-25-19(21)27-18(12)30-11-14-4-6-15(7-5-14)17-26-16(20(22,23)24)9-28(17)13(2)10-29-3/h4-9,13H,10-11H2,1-3H3. The van der Waals surface area contributed by atoms with Gasteiger partial charge in [0.1, 0.15) is 12.4 Å². The van der Waals surface area contributed by atoms with Crippen molar-refractivity contribution >= 4 is 11.6 Å². The maximum absolute atomic E-state index is 13.2. The Balaban J connectivity index is 1.83. The van der Waals surface area contributed by atoms with Crippen molar-refractivity contribution in [2.24, 2.45) is 0 Å². The first-order valence-electron chi connectivity index (χ1n) is 9.05. The van der Waals surface area contributed by atoms with Crippen LogP contribution in [0.2, 0.25) is 5.28 Å². The van der Waals surface area contributed by atoms with E-state index in [-0.39, 0.29) is 30.4 Å². The fourth-order valence-electron chi connectivity index (χ4n) is 2.86. The Kier molecular flexibility index (Phi) is 6.62.